The Morgan fingerprint density at radius 3 is 2.58 bits per heavy atom. The van der Waals surface area contributed by atoms with Gasteiger partial charge in [-0.3, -0.25) is 9.69 Å². The van der Waals surface area contributed by atoms with Crippen LogP contribution in [0.15, 0.2) is 51.8 Å². The number of hydrogen-bond acceptors (Lipinski definition) is 4. The second kappa shape index (κ2) is 8.37. The molecule has 0 aliphatic carbocycles. The van der Waals surface area contributed by atoms with E-state index in [0.29, 0.717) is 22.4 Å². The van der Waals surface area contributed by atoms with Crippen molar-refractivity contribution in [2.45, 2.75) is 20.5 Å². The number of carbonyl (C=O) groups is 1. The summed E-state index contributed by atoms with van der Waals surface area (Å²) in [6, 6.07) is 14.1. The first-order valence-corrected chi connectivity index (χ1v) is 10.2. The van der Waals surface area contributed by atoms with Crippen molar-refractivity contribution in [1.29, 1.82) is 0 Å². The van der Waals surface area contributed by atoms with E-state index < -0.39 is 0 Å². The lowest BCUT2D eigenvalue weighted by Crippen LogP contribution is -2.27. The highest BCUT2D eigenvalue weighted by Crippen LogP contribution is 2.34. The van der Waals surface area contributed by atoms with Gasteiger partial charge in [-0.2, -0.15) is 0 Å². The predicted octanol–water partition coefficient (Wildman–Crippen LogP) is 5.56. The van der Waals surface area contributed by atoms with Gasteiger partial charge in [-0.15, -0.1) is 0 Å². The SMILES string of the molecule is CCN1C(=O)/C(=C/c2ccc(OCc3ccc(C)cc3)c(Br)c2)SC1=S. The zero-order chi connectivity index (χ0) is 18.7. The van der Waals surface area contributed by atoms with Gasteiger partial charge in [0.15, 0.2) is 0 Å². The first kappa shape index (κ1) is 19.1. The van der Waals surface area contributed by atoms with Crippen LogP contribution in [0.3, 0.4) is 0 Å². The Balaban J connectivity index is 1.71. The first-order chi connectivity index (χ1) is 12.5. The zero-order valence-corrected chi connectivity index (χ0v) is 17.7. The number of thioether (sulfide) groups is 1. The Hall–Kier alpha value is -1.63. The molecule has 1 saturated heterocycles. The topological polar surface area (TPSA) is 29.5 Å². The highest BCUT2D eigenvalue weighted by Gasteiger charge is 2.30. The molecule has 2 aromatic carbocycles. The fraction of sp³-hybridized carbons (Fsp3) is 0.200. The Morgan fingerprint density at radius 2 is 1.96 bits per heavy atom. The molecule has 1 fully saturated rings. The first-order valence-electron chi connectivity index (χ1n) is 8.21. The number of thiocarbonyl (C=S) groups is 1. The Kier molecular flexibility index (Phi) is 6.16. The van der Waals surface area contributed by atoms with Crippen LogP contribution in [0.5, 0.6) is 5.75 Å². The van der Waals surface area contributed by atoms with Gasteiger partial charge in [0.1, 0.15) is 16.7 Å². The molecule has 0 saturated carbocycles. The van der Waals surface area contributed by atoms with Gasteiger partial charge in [-0.25, -0.2) is 0 Å². The molecular weight excluding hydrogens is 430 g/mol. The lowest BCUT2D eigenvalue weighted by Gasteiger charge is -2.10. The average molecular weight is 448 g/mol. The number of likely N-dealkylation sites (N-methyl/N-ethyl adjacent to an activating group) is 1. The highest BCUT2D eigenvalue weighted by atomic mass is 79.9. The molecule has 1 heterocycles. The number of benzene rings is 2. The molecule has 0 atom stereocenters. The van der Waals surface area contributed by atoms with Crippen LogP contribution >= 0.6 is 39.9 Å². The van der Waals surface area contributed by atoms with E-state index in [1.807, 2.05) is 31.2 Å². The maximum atomic E-state index is 12.3. The van der Waals surface area contributed by atoms with E-state index in [0.717, 1.165) is 21.3 Å². The number of halogens is 1. The minimum Gasteiger partial charge on any atom is -0.488 e. The molecule has 0 aromatic heterocycles. The number of nitrogens with zero attached hydrogens (tertiary/aromatic N) is 1. The summed E-state index contributed by atoms with van der Waals surface area (Å²) in [7, 11) is 0. The molecule has 2 aromatic rings. The standard InChI is InChI=1S/C20H18BrNO2S2/c1-3-22-19(23)18(26-20(22)25)11-15-8-9-17(16(21)10-15)24-12-14-6-4-13(2)5-7-14/h4-11H,3,12H2,1-2H3/b18-11-. The van der Waals surface area contributed by atoms with Gasteiger partial charge in [-0.1, -0.05) is 59.9 Å². The molecule has 0 spiro atoms. The monoisotopic (exact) mass is 447 g/mol. The lowest BCUT2D eigenvalue weighted by molar-refractivity contribution is -0.121. The van der Waals surface area contributed by atoms with Crippen molar-refractivity contribution in [3.63, 3.8) is 0 Å². The van der Waals surface area contributed by atoms with Gasteiger partial charge in [0.2, 0.25) is 0 Å². The van der Waals surface area contributed by atoms with Crippen molar-refractivity contribution in [2.75, 3.05) is 6.54 Å². The molecule has 0 unspecified atom stereocenters. The zero-order valence-electron chi connectivity index (χ0n) is 14.5. The maximum Gasteiger partial charge on any atom is 0.266 e. The number of aryl methyl sites for hydroxylation is 1. The number of rotatable bonds is 5. The van der Waals surface area contributed by atoms with Crippen molar-refractivity contribution in [2.24, 2.45) is 0 Å². The summed E-state index contributed by atoms with van der Waals surface area (Å²) in [5, 5.41) is 0. The second-order valence-electron chi connectivity index (χ2n) is 5.89. The van der Waals surface area contributed by atoms with E-state index in [-0.39, 0.29) is 5.91 Å². The Morgan fingerprint density at radius 1 is 1.23 bits per heavy atom. The molecule has 3 rings (SSSR count). The van der Waals surface area contributed by atoms with E-state index in [1.165, 1.54) is 17.3 Å². The van der Waals surface area contributed by atoms with Gasteiger partial charge in [0.25, 0.3) is 5.91 Å². The van der Waals surface area contributed by atoms with Crippen molar-refractivity contribution in [3.8, 4) is 5.75 Å². The smallest absolute Gasteiger partial charge is 0.266 e. The minimum absolute atomic E-state index is 0.0293. The number of carbonyl (C=O) groups excluding carboxylic acids is 1. The molecule has 1 amide bonds. The summed E-state index contributed by atoms with van der Waals surface area (Å²) in [5.74, 6) is 0.738. The summed E-state index contributed by atoms with van der Waals surface area (Å²) in [6.07, 6.45) is 1.86. The van der Waals surface area contributed by atoms with E-state index in [2.05, 4.69) is 47.1 Å². The van der Waals surface area contributed by atoms with Crippen molar-refractivity contribution in [1.82, 2.24) is 4.90 Å². The van der Waals surface area contributed by atoms with Crippen LogP contribution in [0.25, 0.3) is 6.08 Å². The minimum atomic E-state index is -0.0293. The van der Waals surface area contributed by atoms with E-state index in [1.54, 1.807) is 4.90 Å². The van der Waals surface area contributed by atoms with Gasteiger partial charge in [0, 0.05) is 6.54 Å². The van der Waals surface area contributed by atoms with Gasteiger partial charge in [-0.05, 0) is 59.1 Å². The molecule has 6 heteroatoms. The summed E-state index contributed by atoms with van der Waals surface area (Å²) in [5.41, 5.74) is 3.28. The van der Waals surface area contributed by atoms with Crippen LogP contribution in [0.2, 0.25) is 0 Å². The fourth-order valence-corrected chi connectivity index (χ4v) is 4.39. The summed E-state index contributed by atoms with van der Waals surface area (Å²) in [4.78, 5) is 14.6. The van der Waals surface area contributed by atoms with Gasteiger partial charge < -0.3 is 4.74 Å². The van der Waals surface area contributed by atoms with Crippen LogP contribution in [0.4, 0.5) is 0 Å². The van der Waals surface area contributed by atoms with Crippen molar-refractivity contribution >= 4 is 56.2 Å². The Labute approximate surface area is 171 Å². The van der Waals surface area contributed by atoms with Crippen LogP contribution in [-0.2, 0) is 11.4 Å². The third kappa shape index (κ3) is 4.37. The quantitative estimate of drug-likeness (QED) is 0.443. The largest absolute Gasteiger partial charge is 0.488 e. The molecule has 0 N–H and O–H groups in total. The molecule has 3 nitrogen and oxygen atoms in total. The predicted molar refractivity (Wildman–Crippen MR) is 115 cm³/mol. The lowest BCUT2D eigenvalue weighted by atomic mass is 10.1. The van der Waals surface area contributed by atoms with Crippen LogP contribution < -0.4 is 4.74 Å². The van der Waals surface area contributed by atoms with Gasteiger partial charge in [0.05, 0.1) is 9.38 Å². The van der Waals surface area contributed by atoms with E-state index in [9.17, 15) is 4.79 Å². The molecule has 134 valence electrons. The third-order valence-corrected chi connectivity index (χ3v) is 5.96. The normalized spacial score (nSPS) is 15.8. The summed E-state index contributed by atoms with van der Waals surface area (Å²) < 4.78 is 7.35. The summed E-state index contributed by atoms with van der Waals surface area (Å²) >= 11 is 10.1. The highest BCUT2D eigenvalue weighted by molar-refractivity contribution is 9.10. The Bertz CT molecular complexity index is 878. The van der Waals surface area contributed by atoms with Crippen LogP contribution in [-0.4, -0.2) is 21.7 Å². The molecule has 26 heavy (non-hydrogen) atoms. The molecule has 1 aliphatic rings. The van der Waals surface area contributed by atoms with Crippen molar-refractivity contribution < 1.29 is 9.53 Å². The fourth-order valence-electron chi connectivity index (χ4n) is 2.49. The number of ether oxygens (including phenoxy) is 1. The van der Waals surface area contributed by atoms with Crippen LogP contribution in [0, 0.1) is 6.92 Å². The number of hydrogen-bond donors (Lipinski definition) is 0. The molecule has 0 radical (unpaired) electrons. The van der Waals surface area contributed by atoms with Crippen molar-refractivity contribution in [3.05, 3.63) is 68.5 Å². The van der Waals surface area contributed by atoms with E-state index >= 15 is 0 Å². The second-order valence-corrected chi connectivity index (χ2v) is 8.42. The number of amides is 1. The summed E-state index contributed by atoms with van der Waals surface area (Å²) in [6.45, 7) is 5.09. The third-order valence-electron chi connectivity index (χ3n) is 3.96. The van der Waals surface area contributed by atoms with Crippen LogP contribution in [0.1, 0.15) is 23.6 Å². The molecule has 1 aliphatic heterocycles. The molecular formula is C20H18BrNO2S2. The molecule has 0 bridgehead atoms. The maximum absolute atomic E-state index is 12.3. The van der Waals surface area contributed by atoms with E-state index in [4.69, 9.17) is 17.0 Å². The average Bonchev–Trinajstić information content (AvgIpc) is 2.88. The van der Waals surface area contributed by atoms with Gasteiger partial charge >= 0.3 is 0 Å².